The van der Waals surface area contributed by atoms with Crippen molar-refractivity contribution < 1.29 is 9.53 Å². The number of ether oxygens (including phenoxy) is 1. The minimum absolute atomic E-state index is 0. The van der Waals surface area contributed by atoms with Gasteiger partial charge in [-0.3, -0.25) is 4.79 Å². The van der Waals surface area contributed by atoms with Crippen molar-refractivity contribution in [3.05, 3.63) is 0 Å². The molecule has 0 aromatic rings. The first-order valence-electron chi connectivity index (χ1n) is 9.73. The molecule has 1 N–H and O–H groups in total. The van der Waals surface area contributed by atoms with E-state index in [4.69, 9.17) is 4.74 Å². The maximum absolute atomic E-state index is 11.9. The molecule has 1 fully saturated rings. The normalized spacial score (nSPS) is 20.5. The van der Waals surface area contributed by atoms with Gasteiger partial charge in [-0.15, -0.1) is 24.0 Å². The van der Waals surface area contributed by atoms with Crippen molar-refractivity contribution in [3.8, 4) is 0 Å². The predicted octanol–water partition coefficient (Wildman–Crippen LogP) is 2.97. The Balaban J connectivity index is 0.00000625. The molecular weight excluding hydrogens is 443 g/mol. The van der Waals surface area contributed by atoms with Gasteiger partial charge in [-0.05, 0) is 38.0 Å². The number of nitrogens with one attached hydrogen (secondary N) is 1. The van der Waals surface area contributed by atoms with Crippen LogP contribution in [-0.2, 0) is 9.53 Å². The molecule has 1 unspecified atom stereocenters. The third kappa shape index (κ3) is 9.39. The smallest absolute Gasteiger partial charge is 0.243 e. The fourth-order valence-electron chi connectivity index (χ4n) is 3.37. The Hall–Kier alpha value is -0.570. The van der Waals surface area contributed by atoms with E-state index < -0.39 is 0 Å². The topological polar surface area (TPSA) is 57.2 Å². The minimum Gasteiger partial charge on any atom is -0.382 e. The Morgan fingerprint density at radius 3 is 2.69 bits per heavy atom. The minimum atomic E-state index is 0. The number of nitrogens with zero attached hydrogens (tertiary/aromatic N) is 3. The van der Waals surface area contributed by atoms with Crippen LogP contribution in [0.4, 0.5) is 0 Å². The first-order valence-corrected chi connectivity index (χ1v) is 9.73. The van der Waals surface area contributed by atoms with Gasteiger partial charge in [0, 0.05) is 46.9 Å². The van der Waals surface area contributed by atoms with Crippen LogP contribution in [0.5, 0.6) is 0 Å². The highest BCUT2D eigenvalue weighted by Gasteiger charge is 2.31. The van der Waals surface area contributed by atoms with Gasteiger partial charge >= 0.3 is 0 Å². The number of hydrogen-bond acceptors (Lipinski definition) is 3. The average molecular weight is 482 g/mol. The number of rotatable bonds is 9. The molecular formula is C19H39IN4O2. The van der Waals surface area contributed by atoms with Crippen LogP contribution in [0.2, 0.25) is 0 Å². The van der Waals surface area contributed by atoms with Crippen LogP contribution in [0.1, 0.15) is 52.9 Å². The van der Waals surface area contributed by atoms with E-state index in [1.807, 2.05) is 6.92 Å². The fraction of sp³-hybridized carbons (Fsp3) is 0.895. The van der Waals surface area contributed by atoms with Gasteiger partial charge in [-0.2, -0.15) is 0 Å². The van der Waals surface area contributed by atoms with Gasteiger partial charge in [0.2, 0.25) is 5.91 Å². The Labute approximate surface area is 177 Å². The zero-order valence-corrected chi connectivity index (χ0v) is 19.7. The van der Waals surface area contributed by atoms with Crippen LogP contribution in [0.15, 0.2) is 4.99 Å². The lowest BCUT2D eigenvalue weighted by atomic mass is 9.78. The zero-order valence-electron chi connectivity index (χ0n) is 17.3. The molecule has 154 valence electrons. The molecule has 1 heterocycles. The van der Waals surface area contributed by atoms with E-state index in [0.717, 1.165) is 45.2 Å². The maximum atomic E-state index is 11.9. The van der Waals surface area contributed by atoms with E-state index in [9.17, 15) is 4.79 Å². The second-order valence-corrected chi connectivity index (χ2v) is 7.49. The molecule has 1 aliphatic rings. The summed E-state index contributed by atoms with van der Waals surface area (Å²) in [5, 5.41) is 3.45. The predicted molar refractivity (Wildman–Crippen MR) is 119 cm³/mol. The molecule has 1 rings (SSSR count). The lowest BCUT2D eigenvalue weighted by Gasteiger charge is -2.42. The molecule has 0 bridgehead atoms. The van der Waals surface area contributed by atoms with Gasteiger partial charge in [0.15, 0.2) is 5.96 Å². The van der Waals surface area contributed by atoms with Crippen LogP contribution in [0, 0.1) is 5.41 Å². The van der Waals surface area contributed by atoms with Gasteiger partial charge in [0.1, 0.15) is 6.54 Å². The molecule has 1 saturated heterocycles. The number of carbonyl (C=O) groups excluding carboxylic acids is 1. The SMILES string of the molecule is CCCC1(C)CCCN(C(=NCC(=O)N(C)C)NCCCOCC)C1.I. The molecule has 0 aromatic carbocycles. The van der Waals surface area contributed by atoms with E-state index in [-0.39, 0.29) is 36.4 Å². The monoisotopic (exact) mass is 482 g/mol. The third-order valence-electron chi connectivity index (χ3n) is 4.75. The van der Waals surface area contributed by atoms with Crippen LogP contribution in [0.25, 0.3) is 0 Å². The molecule has 1 amide bonds. The molecule has 0 aromatic heterocycles. The summed E-state index contributed by atoms with van der Waals surface area (Å²) < 4.78 is 5.40. The quantitative estimate of drug-likeness (QED) is 0.238. The van der Waals surface area contributed by atoms with Crippen LogP contribution >= 0.6 is 24.0 Å². The molecule has 1 atom stereocenters. The maximum Gasteiger partial charge on any atom is 0.243 e. The lowest BCUT2D eigenvalue weighted by molar-refractivity contribution is -0.127. The van der Waals surface area contributed by atoms with Crippen molar-refractivity contribution in [2.75, 3.05) is 53.5 Å². The highest BCUT2D eigenvalue weighted by atomic mass is 127. The number of likely N-dealkylation sites (N-methyl/N-ethyl adjacent to an activating group) is 1. The van der Waals surface area contributed by atoms with Crippen molar-refractivity contribution in [2.45, 2.75) is 52.9 Å². The molecule has 7 heteroatoms. The van der Waals surface area contributed by atoms with Crippen molar-refractivity contribution in [2.24, 2.45) is 10.4 Å². The number of aliphatic imine (C=N–C) groups is 1. The summed E-state index contributed by atoms with van der Waals surface area (Å²) in [5.74, 6) is 0.899. The van der Waals surface area contributed by atoms with Crippen LogP contribution < -0.4 is 5.32 Å². The average Bonchev–Trinajstić information content (AvgIpc) is 2.56. The third-order valence-corrected chi connectivity index (χ3v) is 4.75. The van der Waals surface area contributed by atoms with Gasteiger partial charge < -0.3 is 19.9 Å². The summed E-state index contributed by atoms with van der Waals surface area (Å²) >= 11 is 0. The first-order chi connectivity index (χ1) is 11.9. The molecule has 0 spiro atoms. The summed E-state index contributed by atoms with van der Waals surface area (Å²) in [6.45, 7) is 11.2. The molecule has 1 aliphatic heterocycles. The van der Waals surface area contributed by atoms with Gasteiger partial charge in [0.05, 0.1) is 0 Å². The van der Waals surface area contributed by atoms with E-state index in [1.54, 1.807) is 19.0 Å². The van der Waals surface area contributed by atoms with Crippen molar-refractivity contribution in [3.63, 3.8) is 0 Å². The first kappa shape index (κ1) is 25.4. The number of amides is 1. The largest absolute Gasteiger partial charge is 0.382 e. The second kappa shape index (κ2) is 13.6. The number of guanidine groups is 1. The van der Waals surface area contributed by atoms with E-state index in [0.29, 0.717) is 5.41 Å². The van der Waals surface area contributed by atoms with Gasteiger partial charge in [-0.1, -0.05) is 20.3 Å². The Morgan fingerprint density at radius 2 is 2.08 bits per heavy atom. The molecule has 0 saturated carbocycles. The summed E-state index contributed by atoms with van der Waals surface area (Å²) in [5.41, 5.74) is 0.340. The summed E-state index contributed by atoms with van der Waals surface area (Å²) in [6.07, 6.45) is 5.83. The van der Waals surface area contributed by atoms with E-state index in [1.165, 1.54) is 25.7 Å². The molecule has 6 nitrogen and oxygen atoms in total. The number of hydrogen-bond donors (Lipinski definition) is 1. The van der Waals surface area contributed by atoms with Gasteiger partial charge in [0.25, 0.3) is 0 Å². The van der Waals surface area contributed by atoms with E-state index in [2.05, 4.69) is 29.1 Å². The van der Waals surface area contributed by atoms with Crippen LogP contribution in [0.3, 0.4) is 0 Å². The lowest BCUT2D eigenvalue weighted by Crippen LogP contribution is -2.50. The molecule has 26 heavy (non-hydrogen) atoms. The fourth-order valence-corrected chi connectivity index (χ4v) is 3.37. The number of carbonyl (C=O) groups is 1. The number of likely N-dealkylation sites (tertiary alicyclic amines) is 1. The zero-order chi connectivity index (χ0) is 18.7. The number of halogens is 1. The highest BCUT2D eigenvalue weighted by Crippen LogP contribution is 2.33. The van der Waals surface area contributed by atoms with Crippen molar-refractivity contribution in [1.29, 1.82) is 0 Å². The Kier molecular flexibility index (Phi) is 13.3. The van der Waals surface area contributed by atoms with Crippen molar-refractivity contribution >= 4 is 35.8 Å². The van der Waals surface area contributed by atoms with Crippen LogP contribution in [-0.4, -0.2) is 75.2 Å². The second-order valence-electron chi connectivity index (χ2n) is 7.49. The molecule has 0 aliphatic carbocycles. The summed E-state index contributed by atoms with van der Waals surface area (Å²) in [7, 11) is 3.54. The standard InChI is InChI=1S/C19H38N4O2.HI/c1-6-10-19(3)11-8-13-23(16-19)18(20-12-9-14-25-7-2)21-15-17(24)22(4)5;/h6-16H2,1-5H3,(H,20,21);1H. The highest BCUT2D eigenvalue weighted by molar-refractivity contribution is 14.0. The Bertz CT molecular complexity index is 428. The summed E-state index contributed by atoms with van der Waals surface area (Å²) in [4.78, 5) is 20.5. The summed E-state index contributed by atoms with van der Waals surface area (Å²) in [6, 6.07) is 0. The van der Waals surface area contributed by atoms with E-state index >= 15 is 0 Å². The Morgan fingerprint density at radius 1 is 1.35 bits per heavy atom. The molecule has 0 radical (unpaired) electrons. The van der Waals surface area contributed by atoms with Crippen molar-refractivity contribution in [1.82, 2.24) is 15.1 Å². The van der Waals surface area contributed by atoms with Gasteiger partial charge in [-0.25, -0.2) is 4.99 Å². The number of piperidine rings is 1.